The molecule has 2 rings (SSSR count). The standard InChI is InChI=1S/C14H17N3O2/c1-9(2)12-7-14(17-8-16-12)19-10-4-5-13(18-3)11(15)6-10/h4-9H,15H2,1-3H3. The Morgan fingerprint density at radius 2 is 1.95 bits per heavy atom. The first-order valence-corrected chi connectivity index (χ1v) is 6.03. The Bertz CT molecular complexity index is 570. The second kappa shape index (κ2) is 5.56. The molecule has 5 nitrogen and oxygen atoms in total. The maximum atomic E-state index is 5.83. The highest BCUT2D eigenvalue weighted by atomic mass is 16.5. The normalized spacial score (nSPS) is 10.5. The molecule has 19 heavy (non-hydrogen) atoms. The van der Waals surface area contributed by atoms with E-state index in [0.29, 0.717) is 29.0 Å². The second-order valence-corrected chi connectivity index (χ2v) is 4.44. The molecule has 0 fully saturated rings. The van der Waals surface area contributed by atoms with Crippen LogP contribution in [0.15, 0.2) is 30.6 Å². The zero-order valence-electron chi connectivity index (χ0n) is 11.3. The molecule has 0 aliphatic carbocycles. The molecule has 0 radical (unpaired) electrons. The number of nitrogens with zero attached hydrogens (tertiary/aromatic N) is 2. The van der Waals surface area contributed by atoms with Crippen LogP contribution in [-0.2, 0) is 0 Å². The lowest BCUT2D eigenvalue weighted by molar-refractivity contribution is 0.414. The van der Waals surface area contributed by atoms with Gasteiger partial charge in [0.25, 0.3) is 0 Å². The predicted molar refractivity (Wildman–Crippen MR) is 73.6 cm³/mol. The Morgan fingerprint density at radius 1 is 1.16 bits per heavy atom. The number of hydrogen-bond donors (Lipinski definition) is 1. The average Bonchev–Trinajstić information content (AvgIpc) is 2.39. The van der Waals surface area contributed by atoms with Crippen LogP contribution in [0.5, 0.6) is 17.4 Å². The van der Waals surface area contributed by atoms with E-state index in [1.165, 1.54) is 6.33 Å². The molecule has 0 unspecified atom stereocenters. The van der Waals surface area contributed by atoms with E-state index in [9.17, 15) is 0 Å². The molecule has 1 aromatic carbocycles. The van der Waals surface area contributed by atoms with Gasteiger partial charge < -0.3 is 15.2 Å². The smallest absolute Gasteiger partial charge is 0.222 e. The molecule has 0 atom stereocenters. The quantitative estimate of drug-likeness (QED) is 0.855. The van der Waals surface area contributed by atoms with E-state index in [4.69, 9.17) is 15.2 Å². The van der Waals surface area contributed by atoms with Crippen LogP contribution in [0, 0.1) is 0 Å². The summed E-state index contributed by atoms with van der Waals surface area (Å²) >= 11 is 0. The minimum atomic E-state index is 0.325. The van der Waals surface area contributed by atoms with Crippen molar-refractivity contribution in [3.8, 4) is 17.4 Å². The van der Waals surface area contributed by atoms with E-state index >= 15 is 0 Å². The highest BCUT2D eigenvalue weighted by Crippen LogP contribution is 2.29. The lowest BCUT2D eigenvalue weighted by Gasteiger charge is -2.09. The van der Waals surface area contributed by atoms with Gasteiger partial charge in [-0.25, -0.2) is 9.97 Å². The Hall–Kier alpha value is -2.30. The Kier molecular flexibility index (Phi) is 3.85. The molecular formula is C14H17N3O2. The third-order valence-corrected chi connectivity index (χ3v) is 2.68. The fourth-order valence-electron chi connectivity index (χ4n) is 1.62. The third-order valence-electron chi connectivity index (χ3n) is 2.68. The Labute approximate surface area is 112 Å². The fourth-order valence-corrected chi connectivity index (χ4v) is 1.62. The molecular weight excluding hydrogens is 242 g/mol. The number of anilines is 1. The molecule has 1 aromatic heterocycles. The average molecular weight is 259 g/mol. The largest absolute Gasteiger partial charge is 0.495 e. The van der Waals surface area contributed by atoms with Crippen molar-refractivity contribution < 1.29 is 9.47 Å². The van der Waals surface area contributed by atoms with Crippen molar-refractivity contribution >= 4 is 5.69 Å². The van der Waals surface area contributed by atoms with Gasteiger partial charge in [-0.3, -0.25) is 0 Å². The van der Waals surface area contributed by atoms with Crippen LogP contribution in [0.25, 0.3) is 0 Å². The minimum Gasteiger partial charge on any atom is -0.495 e. The molecule has 2 aromatic rings. The van der Waals surface area contributed by atoms with E-state index in [2.05, 4.69) is 23.8 Å². The molecule has 1 heterocycles. The van der Waals surface area contributed by atoms with Crippen molar-refractivity contribution in [3.63, 3.8) is 0 Å². The van der Waals surface area contributed by atoms with Gasteiger partial charge in [-0.2, -0.15) is 0 Å². The van der Waals surface area contributed by atoms with Crippen molar-refractivity contribution in [1.82, 2.24) is 9.97 Å². The summed E-state index contributed by atoms with van der Waals surface area (Å²) in [4.78, 5) is 8.27. The van der Waals surface area contributed by atoms with E-state index in [1.807, 2.05) is 6.07 Å². The molecule has 0 bridgehead atoms. The number of ether oxygens (including phenoxy) is 2. The third kappa shape index (κ3) is 3.13. The van der Waals surface area contributed by atoms with Gasteiger partial charge in [-0.05, 0) is 18.1 Å². The van der Waals surface area contributed by atoms with Gasteiger partial charge in [0.1, 0.15) is 17.8 Å². The number of benzene rings is 1. The van der Waals surface area contributed by atoms with Gasteiger partial charge in [0.15, 0.2) is 0 Å². The number of nitrogens with two attached hydrogens (primary N) is 1. The van der Waals surface area contributed by atoms with Crippen LogP contribution in [0.3, 0.4) is 0 Å². The van der Waals surface area contributed by atoms with Gasteiger partial charge in [0, 0.05) is 12.1 Å². The number of nitrogen functional groups attached to an aromatic ring is 1. The Morgan fingerprint density at radius 3 is 2.58 bits per heavy atom. The molecule has 0 amide bonds. The summed E-state index contributed by atoms with van der Waals surface area (Å²) in [6.07, 6.45) is 1.50. The zero-order valence-corrected chi connectivity index (χ0v) is 11.3. The first-order chi connectivity index (χ1) is 9.10. The molecule has 0 saturated carbocycles. The van der Waals surface area contributed by atoms with E-state index in [1.54, 1.807) is 25.3 Å². The number of methoxy groups -OCH3 is 1. The first-order valence-electron chi connectivity index (χ1n) is 6.03. The number of hydrogen-bond acceptors (Lipinski definition) is 5. The highest BCUT2D eigenvalue weighted by molar-refractivity contribution is 5.56. The SMILES string of the molecule is COc1ccc(Oc2cc(C(C)C)ncn2)cc1N. The highest BCUT2D eigenvalue weighted by Gasteiger charge is 2.06. The van der Waals surface area contributed by atoms with Crippen LogP contribution in [-0.4, -0.2) is 17.1 Å². The number of rotatable bonds is 4. The van der Waals surface area contributed by atoms with Crippen molar-refractivity contribution in [3.05, 3.63) is 36.3 Å². The number of aromatic nitrogens is 2. The molecule has 0 aliphatic rings. The summed E-state index contributed by atoms with van der Waals surface area (Å²) in [7, 11) is 1.57. The summed E-state index contributed by atoms with van der Waals surface area (Å²) in [5.74, 6) is 2.07. The van der Waals surface area contributed by atoms with Gasteiger partial charge in [0.05, 0.1) is 18.5 Å². The fraction of sp³-hybridized carbons (Fsp3) is 0.286. The predicted octanol–water partition coefficient (Wildman–Crippen LogP) is 2.98. The van der Waals surface area contributed by atoms with Crippen LogP contribution < -0.4 is 15.2 Å². The van der Waals surface area contributed by atoms with Crippen LogP contribution >= 0.6 is 0 Å². The van der Waals surface area contributed by atoms with Crippen molar-refractivity contribution in [2.75, 3.05) is 12.8 Å². The van der Waals surface area contributed by atoms with Crippen molar-refractivity contribution in [2.45, 2.75) is 19.8 Å². The lowest BCUT2D eigenvalue weighted by atomic mass is 10.1. The van der Waals surface area contributed by atoms with Gasteiger partial charge in [0.2, 0.25) is 5.88 Å². The van der Waals surface area contributed by atoms with Gasteiger partial charge in [-0.1, -0.05) is 13.8 Å². The Balaban J connectivity index is 2.21. The maximum Gasteiger partial charge on any atom is 0.222 e. The van der Waals surface area contributed by atoms with Crippen molar-refractivity contribution in [2.24, 2.45) is 0 Å². The van der Waals surface area contributed by atoms with Crippen LogP contribution in [0.1, 0.15) is 25.5 Å². The summed E-state index contributed by atoms with van der Waals surface area (Å²) in [6, 6.07) is 7.07. The molecule has 100 valence electrons. The summed E-state index contributed by atoms with van der Waals surface area (Å²) in [6.45, 7) is 4.13. The minimum absolute atomic E-state index is 0.325. The summed E-state index contributed by atoms with van der Waals surface area (Å²) in [5.41, 5.74) is 7.29. The zero-order chi connectivity index (χ0) is 13.8. The van der Waals surface area contributed by atoms with Gasteiger partial charge >= 0.3 is 0 Å². The summed E-state index contributed by atoms with van der Waals surface area (Å²) in [5, 5.41) is 0. The second-order valence-electron chi connectivity index (χ2n) is 4.44. The monoisotopic (exact) mass is 259 g/mol. The molecule has 5 heteroatoms. The van der Waals surface area contributed by atoms with Crippen LogP contribution in [0.2, 0.25) is 0 Å². The maximum absolute atomic E-state index is 5.83. The molecule has 2 N–H and O–H groups in total. The molecule has 0 aliphatic heterocycles. The van der Waals surface area contributed by atoms with E-state index in [0.717, 1.165) is 5.69 Å². The first kappa shape index (κ1) is 13.1. The van der Waals surface area contributed by atoms with E-state index in [-0.39, 0.29) is 0 Å². The van der Waals surface area contributed by atoms with Crippen molar-refractivity contribution in [1.29, 1.82) is 0 Å². The topological polar surface area (TPSA) is 70.3 Å². The lowest BCUT2D eigenvalue weighted by Crippen LogP contribution is -1.97. The molecule has 0 saturated heterocycles. The summed E-state index contributed by atoms with van der Waals surface area (Å²) < 4.78 is 10.8. The van der Waals surface area contributed by atoms with E-state index < -0.39 is 0 Å². The molecule has 0 spiro atoms. The van der Waals surface area contributed by atoms with Crippen LogP contribution in [0.4, 0.5) is 5.69 Å². The van der Waals surface area contributed by atoms with Gasteiger partial charge in [-0.15, -0.1) is 0 Å².